The van der Waals surface area contributed by atoms with E-state index in [-0.39, 0.29) is 12.2 Å². The zero-order chi connectivity index (χ0) is 20.9. The van der Waals surface area contributed by atoms with E-state index >= 15 is 0 Å². The van der Waals surface area contributed by atoms with Crippen LogP contribution in [0.3, 0.4) is 0 Å². The number of benzene rings is 1. The number of hydrogen-bond donors (Lipinski definition) is 1. The van der Waals surface area contributed by atoms with Gasteiger partial charge in [0.1, 0.15) is 11.6 Å². The summed E-state index contributed by atoms with van der Waals surface area (Å²) < 4.78 is 5.69. The highest BCUT2D eigenvalue weighted by atomic mass is 16.5. The molecular formula is C23H31N5O2. The number of unbranched alkanes of at least 4 members (excludes halogenated alkanes) is 1. The third kappa shape index (κ3) is 4.90. The fraction of sp³-hybridized carbons (Fsp3) is 0.522. The third-order valence-corrected chi connectivity index (χ3v) is 5.74. The van der Waals surface area contributed by atoms with Crippen molar-refractivity contribution in [1.82, 2.24) is 14.9 Å². The number of fused-ring (bicyclic) bond motifs is 1. The van der Waals surface area contributed by atoms with E-state index in [2.05, 4.69) is 46.1 Å². The van der Waals surface area contributed by atoms with Gasteiger partial charge in [-0.25, -0.2) is 0 Å². The summed E-state index contributed by atoms with van der Waals surface area (Å²) in [6.07, 6.45) is 4.83. The molecule has 0 atom stereocenters. The van der Waals surface area contributed by atoms with Crippen LogP contribution in [0, 0.1) is 0 Å². The predicted molar refractivity (Wildman–Crippen MR) is 118 cm³/mol. The summed E-state index contributed by atoms with van der Waals surface area (Å²) in [5.41, 5.74) is 9.35. The van der Waals surface area contributed by atoms with Gasteiger partial charge in [0.15, 0.2) is 5.78 Å². The minimum absolute atomic E-state index is 0.130. The Bertz CT molecular complexity index is 895. The second-order valence-corrected chi connectivity index (χ2v) is 8.27. The third-order valence-electron chi connectivity index (χ3n) is 5.74. The molecule has 0 unspecified atom stereocenters. The fourth-order valence-electron chi connectivity index (χ4n) is 4.19. The first kappa shape index (κ1) is 20.6. The Hall–Kier alpha value is -2.67. The van der Waals surface area contributed by atoms with Crippen LogP contribution in [-0.2, 0) is 24.3 Å². The number of rotatable bonds is 8. The molecule has 160 valence electrons. The summed E-state index contributed by atoms with van der Waals surface area (Å²) in [6.45, 7) is 6.94. The number of hydrogen-bond acceptors (Lipinski definition) is 7. The summed E-state index contributed by atoms with van der Waals surface area (Å²) in [5, 5.41) is 0. The van der Waals surface area contributed by atoms with Gasteiger partial charge in [0, 0.05) is 25.1 Å². The van der Waals surface area contributed by atoms with Crippen LogP contribution in [0.1, 0.15) is 49.3 Å². The molecule has 1 fully saturated rings. The molecule has 0 spiro atoms. The lowest BCUT2D eigenvalue weighted by Gasteiger charge is -2.30. The Morgan fingerprint density at radius 2 is 1.90 bits per heavy atom. The van der Waals surface area contributed by atoms with Crippen LogP contribution >= 0.6 is 0 Å². The average molecular weight is 410 g/mol. The Balaban J connectivity index is 1.54. The number of nitrogens with two attached hydrogens (primary N) is 1. The number of ketones is 1. The first-order valence-corrected chi connectivity index (χ1v) is 11.0. The van der Waals surface area contributed by atoms with Crippen LogP contribution in [0.4, 0.5) is 11.6 Å². The van der Waals surface area contributed by atoms with Crippen LogP contribution in [-0.4, -0.2) is 46.9 Å². The second-order valence-electron chi connectivity index (χ2n) is 8.27. The van der Waals surface area contributed by atoms with E-state index in [9.17, 15) is 4.79 Å². The van der Waals surface area contributed by atoms with Crippen LogP contribution in [0.25, 0.3) is 0 Å². The van der Waals surface area contributed by atoms with Crippen LogP contribution in [0.15, 0.2) is 24.3 Å². The van der Waals surface area contributed by atoms with Gasteiger partial charge in [-0.3, -0.25) is 9.69 Å². The van der Waals surface area contributed by atoms with Crippen LogP contribution < -0.4 is 15.4 Å². The van der Waals surface area contributed by atoms with Crippen molar-refractivity contribution in [3.63, 3.8) is 0 Å². The number of aromatic nitrogens is 2. The number of likely N-dealkylation sites (tertiary alicyclic amines) is 1. The minimum Gasteiger partial charge on any atom is -0.463 e. The maximum atomic E-state index is 12.4. The standard InChI is InChI=1S/C23H31N5O2/c1-2-3-11-30-23-25-21(24)20-13-19(29)16-28(22(20)26-23)15-18-8-6-7-17(12-18)14-27-9-4-5-10-27/h6-8,12H,2-5,9-11,13-16H2,1H3,(H2,24,25,26). The monoisotopic (exact) mass is 409 g/mol. The maximum Gasteiger partial charge on any atom is 0.320 e. The molecule has 0 aliphatic carbocycles. The van der Waals surface area contributed by atoms with Gasteiger partial charge in [-0.2, -0.15) is 9.97 Å². The molecule has 7 heteroatoms. The molecule has 2 aliphatic rings. The van der Waals surface area contributed by atoms with Gasteiger partial charge in [0.05, 0.1) is 13.2 Å². The first-order chi connectivity index (χ1) is 14.6. The van der Waals surface area contributed by atoms with Gasteiger partial charge in [-0.1, -0.05) is 37.6 Å². The quantitative estimate of drug-likeness (QED) is 0.671. The summed E-state index contributed by atoms with van der Waals surface area (Å²) in [5.74, 6) is 1.19. The highest BCUT2D eigenvalue weighted by Gasteiger charge is 2.27. The maximum absolute atomic E-state index is 12.4. The summed E-state index contributed by atoms with van der Waals surface area (Å²) in [7, 11) is 0. The van der Waals surface area contributed by atoms with Crippen molar-refractivity contribution in [3.05, 3.63) is 41.0 Å². The van der Waals surface area contributed by atoms with Crippen molar-refractivity contribution in [2.45, 2.75) is 52.1 Å². The molecule has 4 rings (SSSR count). The van der Waals surface area contributed by atoms with Crippen molar-refractivity contribution in [3.8, 4) is 6.01 Å². The molecule has 0 radical (unpaired) electrons. The molecule has 2 N–H and O–H groups in total. The Morgan fingerprint density at radius 1 is 1.13 bits per heavy atom. The smallest absolute Gasteiger partial charge is 0.320 e. The molecule has 0 saturated carbocycles. The van der Waals surface area contributed by atoms with E-state index in [0.717, 1.165) is 30.8 Å². The largest absolute Gasteiger partial charge is 0.463 e. The van der Waals surface area contributed by atoms with E-state index in [1.807, 2.05) is 4.90 Å². The lowest BCUT2D eigenvalue weighted by Crippen LogP contribution is -2.36. The zero-order valence-electron chi connectivity index (χ0n) is 17.8. The van der Waals surface area contributed by atoms with Crippen LogP contribution in [0.5, 0.6) is 6.01 Å². The number of carbonyl (C=O) groups excluding carboxylic acids is 1. The molecule has 3 heterocycles. The number of ether oxygens (including phenoxy) is 1. The van der Waals surface area contributed by atoms with Gasteiger partial charge in [0.25, 0.3) is 0 Å². The fourth-order valence-corrected chi connectivity index (χ4v) is 4.19. The van der Waals surface area contributed by atoms with E-state index in [0.29, 0.717) is 37.1 Å². The minimum atomic E-state index is 0.130. The van der Waals surface area contributed by atoms with Gasteiger partial charge in [0.2, 0.25) is 0 Å². The number of carbonyl (C=O) groups is 1. The molecular weight excluding hydrogens is 378 g/mol. The molecule has 30 heavy (non-hydrogen) atoms. The Morgan fingerprint density at radius 3 is 2.67 bits per heavy atom. The van der Waals surface area contributed by atoms with E-state index in [4.69, 9.17) is 10.5 Å². The van der Waals surface area contributed by atoms with Gasteiger partial charge in [-0.05, 0) is 43.5 Å². The van der Waals surface area contributed by atoms with Crippen molar-refractivity contribution >= 4 is 17.4 Å². The van der Waals surface area contributed by atoms with Crippen LogP contribution in [0.2, 0.25) is 0 Å². The second kappa shape index (κ2) is 9.43. The number of anilines is 2. The Kier molecular flexibility index (Phi) is 6.47. The van der Waals surface area contributed by atoms with Crippen molar-refractivity contribution in [2.24, 2.45) is 0 Å². The zero-order valence-corrected chi connectivity index (χ0v) is 17.8. The topological polar surface area (TPSA) is 84.6 Å². The number of Topliss-reactive ketones (excluding diaryl/α,β-unsaturated/α-hetero) is 1. The molecule has 1 aromatic carbocycles. The normalized spacial score (nSPS) is 16.7. The lowest BCUT2D eigenvalue weighted by molar-refractivity contribution is -0.117. The van der Waals surface area contributed by atoms with E-state index in [1.165, 1.54) is 31.5 Å². The number of nitrogen functional groups attached to an aromatic ring is 1. The summed E-state index contributed by atoms with van der Waals surface area (Å²) in [6, 6.07) is 8.91. The molecule has 1 aromatic heterocycles. The SMILES string of the molecule is CCCCOc1nc(N)c2c(n1)N(Cc1cccc(CN3CCCC3)c1)CC(=O)C2. The Labute approximate surface area is 178 Å². The summed E-state index contributed by atoms with van der Waals surface area (Å²) in [4.78, 5) is 25.8. The number of nitrogens with zero attached hydrogens (tertiary/aromatic N) is 4. The summed E-state index contributed by atoms with van der Waals surface area (Å²) >= 11 is 0. The highest BCUT2D eigenvalue weighted by Crippen LogP contribution is 2.30. The van der Waals surface area contributed by atoms with E-state index < -0.39 is 0 Å². The molecule has 2 aromatic rings. The van der Waals surface area contributed by atoms with Crippen molar-refractivity contribution in [2.75, 3.05) is 36.9 Å². The first-order valence-electron chi connectivity index (χ1n) is 11.0. The molecule has 0 amide bonds. The lowest BCUT2D eigenvalue weighted by atomic mass is 10.0. The van der Waals surface area contributed by atoms with Crippen molar-refractivity contribution < 1.29 is 9.53 Å². The van der Waals surface area contributed by atoms with Gasteiger partial charge in [-0.15, -0.1) is 0 Å². The van der Waals surface area contributed by atoms with Crippen molar-refractivity contribution in [1.29, 1.82) is 0 Å². The predicted octanol–water partition coefficient (Wildman–Crippen LogP) is 2.97. The average Bonchev–Trinajstić information content (AvgIpc) is 3.22. The highest BCUT2D eigenvalue weighted by molar-refractivity contribution is 5.91. The molecule has 7 nitrogen and oxygen atoms in total. The molecule has 2 aliphatic heterocycles. The molecule has 1 saturated heterocycles. The van der Waals surface area contributed by atoms with E-state index in [1.54, 1.807) is 0 Å². The van der Waals surface area contributed by atoms with Gasteiger partial charge < -0.3 is 15.4 Å². The van der Waals surface area contributed by atoms with Gasteiger partial charge >= 0.3 is 6.01 Å². The molecule has 0 bridgehead atoms.